The Balaban J connectivity index is 2.48. The third-order valence-corrected chi connectivity index (χ3v) is 3.02. The van der Waals surface area contributed by atoms with Crippen molar-refractivity contribution < 1.29 is 0 Å². The van der Waals surface area contributed by atoms with Crippen molar-refractivity contribution in [1.29, 1.82) is 0 Å². The molecule has 0 aliphatic carbocycles. The molecule has 0 bridgehead atoms. The maximum Gasteiger partial charge on any atom is 0.0730 e. The van der Waals surface area contributed by atoms with E-state index in [1.54, 1.807) is 6.20 Å². The minimum Gasteiger partial charge on any atom is -0.271 e. The Labute approximate surface area is 102 Å². The lowest BCUT2D eigenvalue weighted by Gasteiger charge is -2.20. The highest BCUT2D eigenvalue weighted by Gasteiger charge is 2.16. The van der Waals surface area contributed by atoms with Crippen LogP contribution in [0.15, 0.2) is 42.6 Å². The summed E-state index contributed by atoms with van der Waals surface area (Å²) >= 11 is 0. The van der Waals surface area contributed by atoms with E-state index in [4.69, 9.17) is 5.84 Å². The second kappa shape index (κ2) is 5.08. The minimum absolute atomic E-state index is 0.00935. The summed E-state index contributed by atoms with van der Waals surface area (Å²) in [5.41, 5.74) is 7.40. The Morgan fingerprint density at radius 2 is 1.76 bits per heavy atom. The Kier molecular flexibility index (Phi) is 3.52. The van der Waals surface area contributed by atoms with E-state index in [0.29, 0.717) is 0 Å². The summed E-state index contributed by atoms with van der Waals surface area (Å²) in [6.45, 7) is 4.09. The van der Waals surface area contributed by atoms with Crippen molar-refractivity contribution in [1.82, 2.24) is 10.4 Å². The van der Waals surface area contributed by atoms with Crippen LogP contribution in [0.5, 0.6) is 0 Å². The van der Waals surface area contributed by atoms with Gasteiger partial charge in [-0.2, -0.15) is 0 Å². The van der Waals surface area contributed by atoms with E-state index < -0.39 is 0 Å². The van der Waals surface area contributed by atoms with E-state index in [9.17, 15) is 0 Å². The molecule has 17 heavy (non-hydrogen) atoms. The third kappa shape index (κ3) is 2.35. The van der Waals surface area contributed by atoms with Crippen molar-refractivity contribution >= 4 is 0 Å². The number of rotatable bonds is 3. The molecule has 1 aromatic heterocycles. The fraction of sp³-hybridized carbons (Fsp3) is 0.214. The fourth-order valence-corrected chi connectivity index (χ4v) is 2.06. The Hall–Kier alpha value is -1.71. The van der Waals surface area contributed by atoms with Crippen LogP contribution in [-0.4, -0.2) is 4.98 Å². The van der Waals surface area contributed by atoms with Gasteiger partial charge in [0.25, 0.3) is 0 Å². The number of hydrogen-bond donors (Lipinski definition) is 2. The molecule has 1 unspecified atom stereocenters. The second-order valence-electron chi connectivity index (χ2n) is 4.13. The Bertz CT molecular complexity index is 463. The topological polar surface area (TPSA) is 50.9 Å². The van der Waals surface area contributed by atoms with Gasteiger partial charge in [-0.1, -0.05) is 30.3 Å². The molecule has 0 fully saturated rings. The molecule has 0 aliphatic rings. The number of nitrogens with zero attached hydrogens (tertiary/aromatic N) is 1. The number of pyridine rings is 1. The first kappa shape index (κ1) is 11.8. The van der Waals surface area contributed by atoms with Crippen LogP contribution in [0.25, 0.3) is 0 Å². The Morgan fingerprint density at radius 1 is 1.06 bits per heavy atom. The van der Waals surface area contributed by atoms with E-state index in [-0.39, 0.29) is 6.04 Å². The van der Waals surface area contributed by atoms with Crippen molar-refractivity contribution in [3.8, 4) is 0 Å². The van der Waals surface area contributed by atoms with Crippen LogP contribution in [0, 0.1) is 13.8 Å². The average Bonchev–Trinajstić information content (AvgIpc) is 2.34. The van der Waals surface area contributed by atoms with Crippen LogP contribution in [-0.2, 0) is 0 Å². The molecule has 3 nitrogen and oxygen atoms in total. The first-order chi connectivity index (χ1) is 8.24. The van der Waals surface area contributed by atoms with E-state index >= 15 is 0 Å². The zero-order chi connectivity index (χ0) is 12.3. The molecule has 1 atom stereocenters. The number of aryl methyl sites for hydroxylation is 2. The van der Waals surface area contributed by atoms with Gasteiger partial charge in [-0.05, 0) is 36.6 Å². The summed E-state index contributed by atoms with van der Waals surface area (Å²) in [5, 5.41) is 0. The van der Waals surface area contributed by atoms with Crippen LogP contribution in [0.4, 0.5) is 0 Å². The van der Waals surface area contributed by atoms with Crippen molar-refractivity contribution in [2.45, 2.75) is 19.9 Å². The SMILES string of the molecule is Cc1ccccc1C(NN)c1cccnc1C. The molecule has 0 saturated carbocycles. The zero-order valence-electron chi connectivity index (χ0n) is 10.1. The highest BCUT2D eigenvalue weighted by Crippen LogP contribution is 2.25. The van der Waals surface area contributed by atoms with Gasteiger partial charge in [0.2, 0.25) is 0 Å². The maximum atomic E-state index is 5.70. The number of nitrogens with two attached hydrogens (primary N) is 1. The molecular formula is C14H17N3. The first-order valence-electron chi connectivity index (χ1n) is 5.67. The Morgan fingerprint density at radius 3 is 2.41 bits per heavy atom. The van der Waals surface area contributed by atoms with Gasteiger partial charge in [-0.25, -0.2) is 5.43 Å². The van der Waals surface area contributed by atoms with Crippen molar-refractivity contribution in [2.24, 2.45) is 5.84 Å². The van der Waals surface area contributed by atoms with Crippen LogP contribution in [0.1, 0.15) is 28.4 Å². The van der Waals surface area contributed by atoms with Gasteiger partial charge in [0.1, 0.15) is 0 Å². The number of hydrogen-bond acceptors (Lipinski definition) is 3. The molecule has 0 radical (unpaired) electrons. The lowest BCUT2D eigenvalue weighted by Crippen LogP contribution is -2.30. The van der Waals surface area contributed by atoms with Crippen molar-refractivity contribution in [2.75, 3.05) is 0 Å². The summed E-state index contributed by atoms with van der Waals surface area (Å²) < 4.78 is 0. The van der Waals surface area contributed by atoms with Gasteiger partial charge in [0, 0.05) is 11.9 Å². The van der Waals surface area contributed by atoms with Crippen molar-refractivity contribution in [3.63, 3.8) is 0 Å². The molecule has 2 aromatic rings. The largest absolute Gasteiger partial charge is 0.271 e. The zero-order valence-corrected chi connectivity index (χ0v) is 10.1. The standard InChI is InChI=1S/C14H17N3/c1-10-6-3-4-7-12(10)14(17-15)13-8-5-9-16-11(13)2/h3-9,14,17H,15H2,1-2H3. The quantitative estimate of drug-likeness (QED) is 0.624. The predicted octanol–water partition coefficient (Wildman–Crippen LogP) is 2.25. The molecule has 0 saturated heterocycles. The summed E-state index contributed by atoms with van der Waals surface area (Å²) in [6, 6.07) is 12.2. The highest BCUT2D eigenvalue weighted by molar-refractivity contribution is 5.37. The molecule has 3 N–H and O–H groups in total. The number of hydrazine groups is 1. The molecular weight excluding hydrogens is 210 g/mol. The number of nitrogens with one attached hydrogen (secondary N) is 1. The number of benzene rings is 1. The monoisotopic (exact) mass is 227 g/mol. The lowest BCUT2D eigenvalue weighted by atomic mass is 9.95. The van der Waals surface area contributed by atoms with Gasteiger partial charge >= 0.3 is 0 Å². The summed E-state index contributed by atoms with van der Waals surface area (Å²) in [5.74, 6) is 5.70. The van der Waals surface area contributed by atoms with Gasteiger partial charge in [-0.15, -0.1) is 0 Å². The fourth-order valence-electron chi connectivity index (χ4n) is 2.06. The van der Waals surface area contributed by atoms with Crippen molar-refractivity contribution in [3.05, 3.63) is 65.0 Å². The van der Waals surface area contributed by atoms with Gasteiger partial charge in [0.05, 0.1) is 6.04 Å². The summed E-state index contributed by atoms with van der Waals surface area (Å²) in [6.07, 6.45) is 1.80. The van der Waals surface area contributed by atoms with Gasteiger partial charge in [-0.3, -0.25) is 10.8 Å². The third-order valence-electron chi connectivity index (χ3n) is 3.02. The van der Waals surface area contributed by atoms with E-state index in [1.165, 1.54) is 11.1 Å². The smallest absolute Gasteiger partial charge is 0.0730 e. The molecule has 2 rings (SSSR count). The summed E-state index contributed by atoms with van der Waals surface area (Å²) in [4.78, 5) is 4.31. The normalized spacial score (nSPS) is 12.4. The van der Waals surface area contributed by atoms with Gasteiger partial charge < -0.3 is 0 Å². The molecule has 0 spiro atoms. The number of aromatic nitrogens is 1. The van der Waals surface area contributed by atoms with E-state index in [1.807, 2.05) is 25.1 Å². The second-order valence-corrected chi connectivity index (χ2v) is 4.13. The lowest BCUT2D eigenvalue weighted by molar-refractivity contribution is 0.627. The molecule has 1 heterocycles. The molecule has 88 valence electrons. The maximum absolute atomic E-state index is 5.70. The van der Waals surface area contributed by atoms with Crippen LogP contribution < -0.4 is 11.3 Å². The first-order valence-corrected chi connectivity index (χ1v) is 5.67. The van der Waals surface area contributed by atoms with Crippen LogP contribution in [0.2, 0.25) is 0 Å². The van der Waals surface area contributed by atoms with E-state index in [0.717, 1.165) is 11.3 Å². The molecule has 0 amide bonds. The van der Waals surface area contributed by atoms with E-state index in [2.05, 4.69) is 35.5 Å². The highest BCUT2D eigenvalue weighted by atomic mass is 15.2. The summed E-state index contributed by atoms with van der Waals surface area (Å²) in [7, 11) is 0. The molecule has 0 aliphatic heterocycles. The predicted molar refractivity (Wildman–Crippen MR) is 69.3 cm³/mol. The van der Waals surface area contributed by atoms with Crippen LogP contribution in [0.3, 0.4) is 0 Å². The minimum atomic E-state index is -0.00935. The average molecular weight is 227 g/mol. The molecule has 3 heteroatoms. The molecule has 1 aromatic carbocycles. The van der Waals surface area contributed by atoms with Gasteiger partial charge in [0.15, 0.2) is 0 Å². The van der Waals surface area contributed by atoms with Crippen LogP contribution >= 0.6 is 0 Å².